The molecule has 0 bridgehead atoms. The van der Waals surface area contributed by atoms with Crippen LogP contribution in [0, 0.1) is 5.92 Å². The first-order valence-electron chi connectivity index (χ1n) is 10.3. The monoisotopic (exact) mass is 407 g/mol. The number of carbonyl (C=O) groups excluding carboxylic acids is 2. The molecule has 8 nitrogen and oxygen atoms in total. The van der Waals surface area contributed by atoms with Crippen molar-refractivity contribution >= 4 is 22.7 Å². The van der Waals surface area contributed by atoms with Crippen molar-refractivity contribution < 1.29 is 14.3 Å². The van der Waals surface area contributed by atoms with E-state index in [2.05, 4.69) is 15.4 Å². The summed E-state index contributed by atoms with van der Waals surface area (Å²) in [5, 5.41) is 8.04. The molecular weight excluding hydrogens is 382 g/mol. The standard InChI is InChI=1S/C22H25N5O3/c1-26-19(7-10-24-26)20(28)23-9-6-16-8-11-30-22(16)13-27(14-22)21(29)18-12-15-4-2-3-5-17(15)25-18/h2-5,7,10,12,16,25H,6,8-9,11,13-14H2,1H3,(H,23,28). The summed E-state index contributed by atoms with van der Waals surface area (Å²) in [6.07, 6.45) is 3.40. The van der Waals surface area contributed by atoms with Crippen molar-refractivity contribution in [3.05, 3.63) is 54.0 Å². The topological polar surface area (TPSA) is 92.2 Å². The summed E-state index contributed by atoms with van der Waals surface area (Å²) in [7, 11) is 1.75. The Hall–Kier alpha value is -3.13. The fourth-order valence-electron chi connectivity index (χ4n) is 4.69. The van der Waals surface area contributed by atoms with E-state index < -0.39 is 0 Å². The van der Waals surface area contributed by atoms with E-state index in [1.54, 1.807) is 24.0 Å². The predicted molar refractivity (Wildman–Crippen MR) is 111 cm³/mol. The smallest absolute Gasteiger partial charge is 0.270 e. The van der Waals surface area contributed by atoms with Gasteiger partial charge in [-0.3, -0.25) is 14.3 Å². The van der Waals surface area contributed by atoms with Crippen molar-refractivity contribution in [1.29, 1.82) is 0 Å². The first-order valence-corrected chi connectivity index (χ1v) is 10.3. The fraction of sp³-hybridized carbons (Fsp3) is 0.409. The molecule has 0 aliphatic carbocycles. The van der Waals surface area contributed by atoms with Gasteiger partial charge in [-0.05, 0) is 37.0 Å². The van der Waals surface area contributed by atoms with Crippen LogP contribution in [0.25, 0.3) is 10.9 Å². The van der Waals surface area contributed by atoms with Crippen LogP contribution in [0.4, 0.5) is 0 Å². The van der Waals surface area contributed by atoms with Crippen molar-refractivity contribution in [2.75, 3.05) is 26.2 Å². The number of hydrogen-bond acceptors (Lipinski definition) is 4. The number of hydrogen-bond donors (Lipinski definition) is 2. The van der Waals surface area contributed by atoms with Gasteiger partial charge in [0.05, 0.1) is 13.1 Å². The zero-order valence-corrected chi connectivity index (χ0v) is 16.9. The zero-order valence-electron chi connectivity index (χ0n) is 16.9. The highest BCUT2D eigenvalue weighted by atomic mass is 16.5. The molecule has 2 aliphatic heterocycles. The molecule has 2 N–H and O–H groups in total. The van der Waals surface area contributed by atoms with Crippen LogP contribution < -0.4 is 5.32 Å². The molecule has 1 unspecified atom stereocenters. The number of carbonyl (C=O) groups is 2. The van der Waals surface area contributed by atoms with Gasteiger partial charge in [-0.25, -0.2) is 0 Å². The van der Waals surface area contributed by atoms with Gasteiger partial charge in [0, 0.05) is 37.3 Å². The number of likely N-dealkylation sites (tertiary alicyclic amines) is 1. The quantitative estimate of drug-likeness (QED) is 0.676. The number of nitrogens with zero attached hydrogens (tertiary/aromatic N) is 3. The number of aromatic amines is 1. The van der Waals surface area contributed by atoms with Crippen LogP contribution >= 0.6 is 0 Å². The molecule has 2 amide bonds. The lowest BCUT2D eigenvalue weighted by atomic mass is 9.78. The van der Waals surface area contributed by atoms with Gasteiger partial charge in [-0.15, -0.1) is 0 Å². The van der Waals surface area contributed by atoms with Crippen LogP contribution in [0.3, 0.4) is 0 Å². The number of rotatable bonds is 5. The zero-order chi connectivity index (χ0) is 20.7. The van der Waals surface area contributed by atoms with Gasteiger partial charge in [0.1, 0.15) is 17.0 Å². The number of benzene rings is 1. The Morgan fingerprint density at radius 1 is 1.30 bits per heavy atom. The number of para-hydroxylation sites is 1. The highest BCUT2D eigenvalue weighted by Gasteiger charge is 2.54. The summed E-state index contributed by atoms with van der Waals surface area (Å²) >= 11 is 0. The molecule has 0 radical (unpaired) electrons. The molecule has 2 fully saturated rings. The summed E-state index contributed by atoms with van der Waals surface area (Å²) in [6.45, 7) is 2.48. The third-order valence-electron chi connectivity index (χ3n) is 6.40. The van der Waals surface area contributed by atoms with E-state index in [4.69, 9.17) is 4.74 Å². The maximum Gasteiger partial charge on any atom is 0.270 e. The van der Waals surface area contributed by atoms with Gasteiger partial charge in [-0.1, -0.05) is 18.2 Å². The lowest BCUT2D eigenvalue weighted by Gasteiger charge is -2.50. The molecule has 2 aliphatic rings. The summed E-state index contributed by atoms with van der Waals surface area (Å²) in [5.41, 5.74) is 1.85. The van der Waals surface area contributed by atoms with Gasteiger partial charge >= 0.3 is 0 Å². The van der Waals surface area contributed by atoms with E-state index in [-0.39, 0.29) is 17.4 Å². The number of amides is 2. The minimum absolute atomic E-state index is 0.00980. The Morgan fingerprint density at radius 2 is 2.13 bits per heavy atom. The summed E-state index contributed by atoms with van der Waals surface area (Å²) in [4.78, 5) is 30.2. The van der Waals surface area contributed by atoms with E-state index in [0.717, 1.165) is 23.7 Å². The van der Waals surface area contributed by atoms with Crippen LogP contribution in [-0.4, -0.2) is 63.3 Å². The molecule has 2 aromatic heterocycles. The summed E-state index contributed by atoms with van der Waals surface area (Å²) in [6, 6.07) is 11.5. The highest BCUT2D eigenvalue weighted by molar-refractivity contribution is 5.98. The molecule has 8 heteroatoms. The first kappa shape index (κ1) is 18.9. The number of H-pyrrole nitrogens is 1. The van der Waals surface area contributed by atoms with Crippen molar-refractivity contribution in [3.8, 4) is 0 Å². The molecule has 1 atom stereocenters. The minimum Gasteiger partial charge on any atom is -0.371 e. The van der Waals surface area contributed by atoms with Crippen LogP contribution in [0.2, 0.25) is 0 Å². The van der Waals surface area contributed by atoms with Crippen molar-refractivity contribution in [1.82, 2.24) is 25.0 Å². The Balaban J connectivity index is 1.17. The van der Waals surface area contributed by atoms with Crippen LogP contribution in [-0.2, 0) is 11.8 Å². The molecule has 156 valence electrons. The van der Waals surface area contributed by atoms with E-state index in [0.29, 0.717) is 43.5 Å². The van der Waals surface area contributed by atoms with E-state index in [1.165, 1.54) is 0 Å². The second kappa shape index (κ2) is 7.28. The lowest BCUT2D eigenvalue weighted by molar-refractivity contribution is -0.118. The largest absolute Gasteiger partial charge is 0.371 e. The lowest BCUT2D eigenvalue weighted by Crippen LogP contribution is -2.66. The van der Waals surface area contributed by atoms with Gasteiger partial charge in [0.25, 0.3) is 11.8 Å². The molecule has 4 heterocycles. The number of aromatic nitrogens is 3. The molecule has 0 saturated carbocycles. The number of ether oxygens (including phenoxy) is 1. The number of aryl methyl sites for hydroxylation is 1. The average molecular weight is 407 g/mol. The van der Waals surface area contributed by atoms with Crippen molar-refractivity contribution in [3.63, 3.8) is 0 Å². The Morgan fingerprint density at radius 3 is 2.90 bits per heavy atom. The van der Waals surface area contributed by atoms with Crippen LogP contribution in [0.1, 0.15) is 33.8 Å². The molecule has 30 heavy (non-hydrogen) atoms. The molecule has 2 saturated heterocycles. The number of fused-ring (bicyclic) bond motifs is 1. The maximum atomic E-state index is 12.9. The van der Waals surface area contributed by atoms with Crippen molar-refractivity contribution in [2.45, 2.75) is 18.4 Å². The third-order valence-corrected chi connectivity index (χ3v) is 6.40. The van der Waals surface area contributed by atoms with Crippen LogP contribution in [0.15, 0.2) is 42.6 Å². The molecule has 1 aromatic carbocycles. The van der Waals surface area contributed by atoms with Gasteiger partial charge in [-0.2, -0.15) is 5.10 Å². The fourth-order valence-corrected chi connectivity index (χ4v) is 4.69. The van der Waals surface area contributed by atoms with E-state index in [1.807, 2.05) is 35.2 Å². The third kappa shape index (κ3) is 3.17. The first-order chi connectivity index (χ1) is 14.6. The SMILES string of the molecule is Cn1nccc1C(=O)NCCC1CCOC12CN(C(=O)c1cc3ccccc3[nH]1)C2. The Labute approximate surface area is 174 Å². The summed E-state index contributed by atoms with van der Waals surface area (Å²) in [5.74, 6) is 0.221. The maximum absolute atomic E-state index is 12.9. The summed E-state index contributed by atoms with van der Waals surface area (Å²) < 4.78 is 7.65. The highest BCUT2D eigenvalue weighted by Crippen LogP contribution is 2.42. The molecular formula is C22H25N5O3. The Kier molecular flexibility index (Phi) is 4.58. The number of nitrogens with one attached hydrogen (secondary N) is 2. The van der Waals surface area contributed by atoms with Crippen LogP contribution in [0.5, 0.6) is 0 Å². The Bertz CT molecular complexity index is 1060. The van der Waals surface area contributed by atoms with Gasteiger partial charge in [0.15, 0.2) is 0 Å². The van der Waals surface area contributed by atoms with Gasteiger partial charge < -0.3 is 19.9 Å². The van der Waals surface area contributed by atoms with Crippen molar-refractivity contribution in [2.24, 2.45) is 13.0 Å². The van der Waals surface area contributed by atoms with Gasteiger partial charge in [0.2, 0.25) is 0 Å². The van der Waals surface area contributed by atoms with E-state index in [9.17, 15) is 9.59 Å². The second-order valence-corrected chi connectivity index (χ2v) is 8.21. The average Bonchev–Trinajstić information content (AvgIpc) is 3.43. The predicted octanol–water partition coefficient (Wildman–Crippen LogP) is 1.95. The molecule has 1 spiro atoms. The molecule has 3 aromatic rings. The normalized spacial score (nSPS) is 19.9. The minimum atomic E-state index is -0.279. The second-order valence-electron chi connectivity index (χ2n) is 8.21. The van der Waals surface area contributed by atoms with E-state index >= 15 is 0 Å². The molecule has 5 rings (SSSR count).